The fourth-order valence-electron chi connectivity index (χ4n) is 3.35. The van der Waals surface area contributed by atoms with Crippen molar-refractivity contribution in [2.75, 3.05) is 13.2 Å². The molecule has 4 nitrogen and oxygen atoms in total. The number of aliphatic hydroxyl groups is 1. The topological polar surface area (TPSA) is 86.4 Å². The van der Waals surface area contributed by atoms with Gasteiger partial charge in [-0.15, -0.1) is 0 Å². The van der Waals surface area contributed by atoms with Gasteiger partial charge in [-0.3, -0.25) is 0 Å². The molecule has 3 N–H and O–H groups in total. The van der Waals surface area contributed by atoms with E-state index in [1.807, 2.05) is 0 Å². The number of aliphatic carboxylic acids is 1. The average Bonchev–Trinajstić information content (AvgIpc) is 2.69. The van der Waals surface area contributed by atoms with E-state index < -0.39 is 5.97 Å². The van der Waals surface area contributed by atoms with Crippen LogP contribution in [0.4, 0.5) is 0 Å². The zero-order valence-corrected chi connectivity index (χ0v) is 23.0. The maximum atomic E-state index is 10.3. The molecule has 0 saturated carbocycles. The van der Waals surface area contributed by atoms with Crippen molar-refractivity contribution in [2.45, 2.75) is 135 Å². The Labute approximate surface area is 224 Å². The Morgan fingerprint density at radius 1 is 0.655 bits per heavy atom. The van der Waals surface area contributed by atoms with E-state index in [4.69, 9.17) is 10.8 Å². The molecule has 0 aromatic heterocycles. The van der Waals surface area contributed by atoms with Gasteiger partial charge in [-0.2, -0.15) is 0 Å². The standard InChI is InChI=1S/C22H44O2.C2H7NO.K/c1-2-3-4-5-6-7-8-9-10-11-12-13-14-15-16-17-18-19-20-21-22(23)24;3-1-2-4;/h2-21H2,1H3,(H,23,24);4H,1-3H2;/q;;+1/p-1. The Kier molecular flexibility index (Phi) is 40.2. The number of hydrogen-bond donors (Lipinski definition) is 2. The van der Waals surface area contributed by atoms with Crippen molar-refractivity contribution >= 4 is 5.97 Å². The van der Waals surface area contributed by atoms with Crippen LogP contribution < -0.4 is 62.2 Å². The predicted molar refractivity (Wildman–Crippen MR) is 119 cm³/mol. The number of carbonyl (C=O) groups is 1. The van der Waals surface area contributed by atoms with Crippen molar-refractivity contribution in [3.8, 4) is 0 Å². The summed E-state index contributed by atoms with van der Waals surface area (Å²) >= 11 is 0. The molecule has 29 heavy (non-hydrogen) atoms. The van der Waals surface area contributed by atoms with Gasteiger partial charge in [0.25, 0.3) is 0 Å². The molecular weight excluding hydrogens is 389 g/mol. The summed E-state index contributed by atoms with van der Waals surface area (Å²) in [7, 11) is 0. The Balaban J connectivity index is -0.00000123. The summed E-state index contributed by atoms with van der Waals surface area (Å²) in [6.45, 7) is 2.75. The van der Waals surface area contributed by atoms with Crippen LogP contribution in [0.25, 0.3) is 0 Å². The van der Waals surface area contributed by atoms with E-state index in [9.17, 15) is 9.90 Å². The Hall–Kier alpha value is 1.03. The van der Waals surface area contributed by atoms with Crippen LogP contribution in [0.2, 0.25) is 0 Å². The minimum absolute atomic E-state index is 0. The van der Waals surface area contributed by atoms with Crippen LogP contribution in [-0.4, -0.2) is 24.2 Å². The smallest absolute Gasteiger partial charge is 0.550 e. The van der Waals surface area contributed by atoms with Gasteiger partial charge in [0.2, 0.25) is 0 Å². The Bertz CT molecular complexity index is 289. The largest absolute Gasteiger partial charge is 1.00 e. The van der Waals surface area contributed by atoms with Gasteiger partial charge in [-0.1, -0.05) is 122 Å². The molecule has 0 radical (unpaired) electrons. The van der Waals surface area contributed by atoms with Gasteiger partial charge < -0.3 is 20.7 Å². The van der Waals surface area contributed by atoms with Crippen LogP contribution in [0.5, 0.6) is 0 Å². The summed E-state index contributed by atoms with van der Waals surface area (Å²) in [5, 5.41) is 18.0. The first-order chi connectivity index (χ1) is 13.7. The number of carbonyl (C=O) groups excluding carboxylic acids is 1. The Morgan fingerprint density at radius 3 is 1.10 bits per heavy atom. The summed E-state index contributed by atoms with van der Waals surface area (Å²) in [4.78, 5) is 10.3. The molecule has 0 unspecified atom stereocenters. The molecule has 0 atom stereocenters. The monoisotopic (exact) mass is 439 g/mol. The summed E-state index contributed by atoms with van der Waals surface area (Å²) in [5.74, 6) is -0.901. The molecule has 0 aromatic rings. The van der Waals surface area contributed by atoms with Crippen LogP contribution in [0.3, 0.4) is 0 Å². The maximum absolute atomic E-state index is 10.3. The van der Waals surface area contributed by atoms with Gasteiger partial charge in [-0.25, -0.2) is 0 Å². The summed E-state index contributed by atoms with van der Waals surface area (Å²) in [5.41, 5.74) is 4.78. The molecule has 0 fully saturated rings. The van der Waals surface area contributed by atoms with E-state index in [1.54, 1.807) is 0 Å². The number of carboxylic acid groups (broad SMARTS) is 1. The zero-order chi connectivity index (χ0) is 21.1. The number of aliphatic hydroxyl groups excluding tert-OH is 1. The molecule has 5 heteroatoms. The normalized spacial score (nSPS) is 10.2. The molecule has 0 saturated heterocycles. The fourth-order valence-corrected chi connectivity index (χ4v) is 3.35. The maximum Gasteiger partial charge on any atom is 1.00 e. The van der Waals surface area contributed by atoms with E-state index >= 15 is 0 Å². The second-order valence-electron chi connectivity index (χ2n) is 8.00. The third kappa shape index (κ3) is 40.0. The van der Waals surface area contributed by atoms with Gasteiger partial charge in [0, 0.05) is 12.5 Å². The number of carboxylic acids is 1. The third-order valence-electron chi connectivity index (χ3n) is 5.11. The first kappa shape index (κ1) is 34.6. The van der Waals surface area contributed by atoms with E-state index in [-0.39, 0.29) is 64.4 Å². The zero-order valence-electron chi connectivity index (χ0n) is 19.9. The van der Waals surface area contributed by atoms with E-state index in [2.05, 4.69) is 6.92 Å². The van der Waals surface area contributed by atoms with Crippen LogP contribution in [0.1, 0.15) is 135 Å². The molecule has 0 heterocycles. The molecule has 0 aliphatic heterocycles. The van der Waals surface area contributed by atoms with E-state index in [0.717, 1.165) is 12.8 Å². The molecule has 0 bridgehead atoms. The minimum atomic E-state index is -0.901. The fraction of sp³-hybridized carbons (Fsp3) is 0.958. The molecule has 0 spiro atoms. The molecule has 0 aromatic carbocycles. The van der Waals surface area contributed by atoms with Crippen molar-refractivity contribution < 1.29 is 66.4 Å². The second kappa shape index (κ2) is 33.7. The van der Waals surface area contributed by atoms with Gasteiger partial charge in [-0.05, 0) is 12.8 Å². The number of nitrogens with two attached hydrogens (primary N) is 1. The molecule has 170 valence electrons. The van der Waals surface area contributed by atoms with Crippen LogP contribution in [0, 0.1) is 0 Å². The SMILES string of the molecule is CCCCCCCCCCCCCCCCCCCCCC(=O)[O-].NCCO.[K+]. The van der Waals surface area contributed by atoms with Crippen molar-refractivity contribution in [3.05, 3.63) is 0 Å². The number of unbranched alkanes of at least 4 members (excludes halogenated alkanes) is 18. The minimum Gasteiger partial charge on any atom is -0.550 e. The van der Waals surface area contributed by atoms with Gasteiger partial charge >= 0.3 is 51.4 Å². The van der Waals surface area contributed by atoms with Crippen LogP contribution in [-0.2, 0) is 4.79 Å². The van der Waals surface area contributed by atoms with E-state index in [1.165, 1.54) is 109 Å². The quantitative estimate of drug-likeness (QED) is 0.212. The van der Waals surface area contributed by atoms with E-state index in [0.29, 0.717) is 6.54 Å². The summed E-state index contributed by atoms with van der Waals surface area (Å²) in [6, 6.07) is 0. The van der Waals surface area contributed by atoms with Crippen molar-refractivity contribution in [1.82, 2.24) is 0 Å². The number of rotatable bonds is 21. The summed E-state index contributed by atoms with van der Waals surface area (Å²) in [6.07, 6.45) is 25.7. The average molecular weight is 440 g/mol. The predicted octanol–water partition coefficient (Wildman–Crippen LogP) is 2.50. The second-order valence-corrected chi connectivity index (χ2v) is 8.00. The molecule has 0 rings (SSSR count). The molecule has 0 aliphatic rings. The first-order valence-electron chi connectivity index (χ1n) is 12.2. The van der Waals surface area contributed by atoms with Crippen molar-refractivity contribution in [1.29, 1.82) is 0 Å². The summed E-state index contributed by atoms with van der Waals surface area (Å²) < 4.78 is 0. The number of hydrogen-bond acceptors (Lipinski definition) is 4. The third-order valence-corrected chi connectivity index (χ3v) is 5.11. The van der Waals surface area contributed by atoms with Crippen molar-refractivity contribution in [2.24, 2.45) is 5.73 Å². The van der Waals surface area contributed by atoms with Crippen LogP contribution >= 0.6 is 0 Å². The Morgan fingerprint density at radius 2 is 0.897 bits per heavy atom. The molecule has 0 amide bonds. The molecule has 0 aliphatic carbocycles. The van der Waals surface area contributed by atoms with Crippen LogP contribution in [0.15, 0.2) is 0 Å². The first-order valence-corrected chi connectivity index (χ1v) is 12.2. The molecular formula is C24H50KNO3. The van der Waals surface area contributed by atoms with Gasteiger partial charge in [0.05, 0.1) is 6.61 Å². The van der Waals surface area contributed by atoms with Gasteiger partial charge in [0.15, 0.2) is 0 Å². The van der Waals surface area contributed by atoms with Crippen molar-refractivity contribution in [3.63, 3.8) is 0 Å². The van der Waals surface area contributed by atoms with Gasteiger partial charge in [0.1, 0.15) is 0 Å².